The molecule has 0 bridgehead atoms. The minimum absolute atomic E-state index is 0.274. The van der Waals surface area contributed by atoms with Crippen molar-refractivity contribution in [1.82, 2.24) is 0 Å². The lowest BCUT2D eigenvalue weighted by molar-refractivity contribution is 0.266. The minimum Gasteiger partial charge on any atom is -0.494 e. The molecule has 0 saturated heterocycles. The number of hydrogen-bond donors (Lipinski definition) is 1. The molecule has 0 amide bonds. The van der Waals surface area contributed by atoms with Crippen LogP contribution in [0.5, 0.6) is 5.75 Å². The van der Waals surface area contributed by atoms with Crippen molar-refractivity contribution in [1.29, 1.82) is 0 Å². The summed E-state index contributed by atoms with van der Waals surface area (Å²) in [5.74, 6) is 0.933. The van der Waals surface area contributed by atoms with Gasteiger partial charge in [0.25, 0.3) is 0 Å². The van der Waals surface area contributed by atoms with Gasteiger partial charge >= 0.3 is 0 Å². The molecule has 0 atom stereocenters. The van der Waals surface area contributed by atoms with Crippen LogP contribution in [-0.4, -0.2) is 18.3 Å². The predicted molar refractivity (Wildman–Crippen MR) is 70.0 cm³/mol. The van der Waals surface area contributed by atoms with Crippen molar-refractivity contribution in [3.05, 3.63) is 27.7 Å². The summed E-state index contributed by atoms with van der Waals surface area (Å²) in [6.45, 7) is 5.13. The Morgan fingerprint density at radius 3 is 2.31 bits per heavy atom. The molecule has 1 N–H and O–H groups in total. The number of aliphatic hydroxyl groups is 1. The van der Waals surface area contributed by atoms with Gasteiger partial charge in [0.1, 0.15) is 5.75 Å². The Labute approximate surface area is 106 Å². The van der Waals surface area contributed by atoms with Crippen LogP contribution in [0.15, 0.2) is 16.6 Å². The Morgan fingerprint density at radius 1 is 1.12 bits per heavy atom. The molecule has 0 aliphatic rings. The predicted octanol–water partition coefficient (Wildman–Crippen LogP) is 3.61. The average Bonchev–Trinajstić information content (AvgIpc) is 2.25. The van der Waals surface area contributed by atoms with E-state index in [9.17, 15) is 0 Å². The quantitative estimate of drug-likeness (QED) is 0.810. The third-order valence-corrected chi connectivity index (χ3v) is 3.73. The summed E-state index contributed by atoms with van der Waals surface area (Å²) < 4.78 is 6.82. The monoisotopic (exact) mass is 286 g/mol. The Morgan fingerprint density at radius 2 is 1.75 bits per heavy atom. The zero-order valence-electron chi connectivity index (χ0n) is 9.92. The van der Waals surface area contributed by atoms with Crippen molar-refractivity contribution in [2.75, 3.05) is 13.2 Å². The van der Waals surface area contributed by atoms with E-state index in [0.29, 0.717) is 0 Å². The molecule has 0 aliphatic carbocycles. The van der Waals surface area contributed by atoms with E-state index >= 15 is 0 Å². The van der Waals surface area contributed by atoms with Crippen LogP contribution in [0.1, 0.15) is 30.4 Å². The molecule has 3 heteroatoms. The first-order valence-corrected chi connectivity index (χ1v) is 6.45. The van der Waals surface area contributed by atoms with Crippen LogP contribution in [-0.2, 0) is 0 Å². The van der Waals surface area contributed by atoms with Crippen molar-refractivity contribution in [2.45, 2.75) is 33.1 Å². The fourth-order valence-electron chi connectivity index (χ4n) is 1.57. The maximum atomic E-state index is 8.64. The highest BCUT2D eigenvalue weighted by Crippen LogP contribution is 2.26. The molecule has 0 aromatic heterocycles. The van der Waals surface area contributed by atoms with Gasteiger partial charge in [0, 0.05) is 11.1 Å². The van der Waals surface area contributed by atoms with Crippen molar-refractivity contribution in [2.24, 2.45) is 0 Å². The van der Waals surface area contributed by atoms with Crippen molar-refractivity contribution in [3.63, 3.8) is 0 Å². The van der Waals surface area contributed by atoms with Crippen molar-refractivity contribution in [3.8, 4) is 5.75 Å². The third-order valence-electron chi connectivity index (χ3n) is 2.48. The molecule has 0 saturated carbocycles. The molecule has 16 heavy (non-hydrogen) atoms. The van der Waals surface area contributed by atoms with Crippen LogP contribution in [0.3, 0.4) is 0 Å². The van der Waals surface area contributed by atoms with E-state index < -0.39 is 0 Å². The van der Waals surface area contributed by atoms with E-state index in [0.717, 1.165) is 36.1 Å². The SMILES string of the molecule is Cc1cc(OCCCCCO)cc(C)c1Br. The number of aryl methyl sites for hydroxylation is 2. The summed E-state index contributed by atoms with van der Waals surface area (Å²) in [6.07, 6.45) is 2.88. The maximum absolute atomic E-state index is 8.64. The van der Waals surface area contributed by atoms with Gasteiger partial charge in [-0.2, -0.15) is 0 Å². The first-order valence-electron chi connectivity index (χ1n) is 5.65. The molecule has 2 nitrogen and oxygen atoms in total. The highest BCUT2D eigenvalue weighted by atomic mass is 79.9. The number of aliphatic hydroxyl groups excluding tert-OH is 1. The van der Waals surface area contributed by atoms with E-state index in [4.69, 9.17) is 9.84 Å². The molecule has 1 rings (SSSR count). The van der Waals surface area contributed by atoms with E-state index in [1.54, 1.807) is 0 Å². The molecule has 90 valence electrons. The van der Waals surface area contributed by atoms with Crippen LogP contribution >= 0.6 is 15.9 Å². The van der Waals surface area contributed by atoms with Gasteiger partial charge in [-0.3, -0.25) is 0 Å². The molecular weight excluding hydrogens is 268 g/mol. The normalized spacial score (nSPS) is 10.5. The lowest BCUT2D eigenvalue weighted by atomic mass is 10.1. The van der Waals surface area contributed by atoms with Gasteiger partial charge in [-0.05, 0) is 56.4 Å². The molecule has 0 unspecified atom stereocenters. The molecular formula is C13H19BrO2. The van der Waals surface area contributed by atoms with Crippen LogP contribution < -0.4 is 4.74 Å². The Bertz CT molecular complexity index is 314. The third kappa shape index (κ3) is 4.14. The lowest BCUT2D eigenvalue weighted by Gasteiger charge is -2.09. The number of rotatable bonds is 6. The zero-order chi connectivity index (χ0) is 12.0. The fourth-order valence-corrected chi connectivity index (χ4v) is 1.80. The Hall–Kier alpha value is -0.540. The van der Waals surface area contributed by atoms with Crippen LogP contribution in [0.25, 0.3) is 0 Å². The topological polar surface area (TPSA) is 29.5 Å². The number of unbranched alkanes of at least 4 members (excludes halogenated alkanes) is 2. The summed E-state index contributed by atoms with van der Waals surface area (Å²) in [5, 5.41) is 8.64. The van der Waals surface area contributed by atoms with E-state index in [-0.39, 0.29) is 6.61 Å². The first-order chi connectivity index (χ1) is 7.65. The second kappa shape index (κ2) is 6.92. The lowest BCUT2D eigenvalue weighted by Crippen LogP contribution is -1.99. The second-order valence-electron chi connectivity index (χ2n) is 4.00. The molecule has 1 aromatic rings. The van der Waals surface area contributed by atoms with Gasteiger partial charge < -0.3 is 9.84 Å². The summed E-state index contributed by atoms with van der Waals surface area (Å²) in [4.78, 5) is 0. The smallest absolute Gasteiger partial charge is 0.119 e. The molecule has 0 heterocycles. The van der Waals surface area contributed by atoms with Crippen LogP contribution in [0.4, 0.5) is 0 Å². The molecule has 0 fully saturated rings. The molecule has 1 aromatic carbocycles. The van der Waals surface area contributed by atoms with Crippen LogP contribution in [0.2, 0.25) is 0 Å². The summed E-state index contributed by atoms with van der Waals surface area (Å²) >= 11 is 3.53. The van der Waals surface area contributed by atoms with Gasteiger partial charge in [-0.15, -0.1) is 0 Å². The molecule has 0 spiro atoms. The number of ether oxygens (including phenoxy) is 1. The first kappa shape index (κ1) is 13.5. The van der Waals surface area contributed by atoms with Gasteiger partial charge in [0.15, 0.2) is 0 Å². The van der Waals surface area contributed by atoms with E-state index in [1.807, 2.05) is 12.1 Å². The maximum Gasteiger partial charge on any atom is 0.119 e. The number of hydrogen-bond acceptors (Lipinski definition) is 2. The Balaban J connectivity index is 2.43. The van der Waals surface area contributed by atoms with Gasteiger partial charge in [0.2, 0.25) is 0 Å². The highest BCUT2D eigenvalue weighted by molar-refractivity contribution is 9.10. The number of halogens is 1. The van der Waals surface area contributed by atoms with Gasteiger partial charge in [-0.1, -0.05) is 15.9 Å². The van der Waals surface area contributed by atoms with Gasteiger partial charge in [-0.25, -0.2) is 0 Å². The number of benzene rings is 1. The highest BCUT2D eigenvalue weighted by Gasteiger charge is 2.02. The largest absolute Gasteiger partial charge is 0.494 e. The summed E-state index contributed by atoms with van der Waals surface area (Å²) in [6, 6.07) is 4.09. The van der Waals surface area contributed by atoms with Crippen molar-refractivity contribution >= 4 is 15.9 Å². The van der Waals surface area contributed by atoms with E-state index in [2.05, 4.69) is 29.8 Å². The fraction of sp³-hybridized carbons (Fsp3) is 0.538. The van der Waals surface area contributed by atoms with Gasteiger partial charge in [0.05, 0.1) is 6.61 Å². The Kier molecular flexibility index (Phi) is 5.85. The van der Waals surface area contributed by atoms with Crippen molar-refractivity contribution < 1.29 is 9.84 Å². The molecule has 0 aliphatic heterocycles. The van der Waals surface area contributed by atoms with Crippen LogP contribution in [0, 0.1) is 13.8 Å². The molecule has 0 radical (unpaired) electrons. The van der Waals surface area contributed by atoms with E-state index in [1.165, 1.54) is 11.1 Å². The zero-order valence-corrected chi connectivity index (χ0v) is 11.5. The minimum atomic E-state index is 0.274. The standard InChI is InChI=1S/C13H19BrO2/c1-10-8-12(9-11(2)13(10)14)16-7-5-3-4-6-15/h8-9,15H,3-7H2,1-2H3. The second-order valence-corrected chi connectivity index (χ2v) is 4.80. The summed E-state index contributed by atoms with van der Waals surface area (Å²) in [5.41, 5.74) is 2.40. The average molecular weight is 287 g/mol. The summed E-state index contributed by atoms with van der Waals surface area (Å²) in [7, 11) is 0.